The number of nitrogens with one attached hydrogen (secondary N) is 2. The van der Waals surface area contributed by atoms with E-state index in [0.29, 0.717) is 0 Å². The third-order valence-corrected chi connectivity index (χ3v) is 11.9. The maximum absolute atomic E-state index is 13.2. The summed E-state index contributed by atoms with van der Waals surface area (Å²) in [6.45, 7) is 1.55. The van der Waals surface area contributed by atoms with Crippen molar-refractivity contribution in [1.82, 2.24) is 0 Å². The number of ether oxygens (including phenoxy) is 6. The predicted molar refractivity (Wildman–Crippen MR) is 293 cm³/mol. The van der Waals surface area contributed by atoms with E-state index in [0.717, 1.165) is 27.7 Å². The Kier molecular flexibility index (Phi) is 23.5. The second-order valence-corrected chi connectivity index (χ2v) is 19.5. The molecule has 0 fully saturated rings. The van der Waals surface area contributed by atoms with Gasteiger partial charge in [0, 0.05) is 63.8 Å². The van der Waals surface area contributed by atoms with Gasteiger partial charge in [-0.1, -0.05) is 36.4 Å². The molecule has 0 aliphatic carbocycles. The standard InChI is InChI=1S/C52H62N12O22/c1-49(57,45(71)83-51(3,59)47(73)79-25-35(55)41(67)81-37-11-7-5-9-27(37)23-33(53)43(69)85-61-29-13-17-31(18-14-29)63(75)76)39(65)21-22-40(66)50(2,58)46(72)84-52(4,60)48(74)80-26-36(56)42(68)82-38-12-8-6-10-28(38)24-34(54)44(70)86-62-30-15-19-32(20-16-30)64(77)78/h5-20,33-36,61-62H,21-26,53-60H2,1-4H3/t33?,34?,35?,36?,49-,50-,51+,52+/m1/s1. The second kappa shape index (κ2) is 29.5. The second-order valence-electron chi connectivity index (χ2n) is 19.5. The fraction of sp³-hybridized carbons (Fsp3) is 0.346. The van der Waals surface area contributed by atoms with Gasteiger partial charge in [-0.2, -0.15) is 0 Å². The number of benzene rings is 4. The van der Waals surface area contributed by atoms with Crippen molar-refractivity contribution in [2.24, 2.45) is 45.9 Å². The third-order valence-electron chi connectivity index (χ3n) is 11.9. The summed E-state index contributed by atoms with van der Waals surface area (Å²) >= 11 is 0. The van der Waals surface area contributed by atoms with E-state index < -0.39 is 142 Å². The minimum Gasteiger partial charge on any atom is -0.459 e. The normalized spacial score (nSPS) is 15.2. The number of hydrogen-bond donors (Lipinski definition) is 10. The van der Waals surface area contributed by atoms with Crippen molar-refractivity contribution in [3.05, 3.63) is 128 Å². The Morgan fingerprint density at radius 3 is 1.09 bits per heavy atom. The van der Waals surface area contributed by atoms with Gasteiger partial charge in [-0.15, -0.1) is 0 Å². The van der Waals surface area contributed by atoms with Crippen LogP contribution in [0, 0.1) is 20.2 Å². The molecule has 0 radical (unpaired) electrons. The van der Waals surface area contributed by atoms with Crippen LogP contribution in [-0.4, -0.2) is 129 Å². The molecule has 0 spiro atoms. The highest BCUT2D eigenvalue weighted by Gasteiger charge is 2.47. The summed E-state index contributed by atoms with van der Waals surface area (Å²) in [7, 11) is 0. The largest absolute Gasteiger partial charge is 0.459 e. The van der Waals surface area contributed by atoms with Gasteiger partial charge in [0.25, 0.3) is 22.8 Å². The lowest BCUT2D eigenvalue weighted by atomic mass is 9.89. The molecule has 0 saturated carbocycles. The summed E-state index contributed by atoms with van der Waals surface area (Å²) in [6, 6.07) is 15.5. The van der Waals surface area contributed by atoms with Crippen LogP contribution in [0.5, 0.6) is 11.5 Å². The summed E-state index contributed by atoms with van der Waals surface area (Å²) in [5.74, 6) is -13.0. The SMILES string of the molecule is C[C@@](N)(C(=O)CCC(=O)[C@@](C)(N)C(=O)O[C@](C)(N)C(=O)OCC(N)C(=O)Oc1ccccc1CC(N)C(=O)ONc1ccc([N+](=O)[O-])cc1)C(=O)O[C@](C)(N)C(=O)OCC(N)C(=O)Oc1ccccc1CC(N)C(=O)ONc1ccc([N+](=O)[O-])cc1. The van der Waals surface area contributed by atoms with Crippen LogP contribution in [0.2, 0.25) is 0 Å². The van der Waals surface area contributed by atoms with Crippen LogP contribution in [-0.2, 0) is 89.4 Å². The molecule has 0 aliphatic rings. The molecular weight excluding hydrogens is 1140 g/mol. The molecule has 34 heteroatoms. The molecule has 4 aromatic carbocycles. The first-order valence-electron chi connectivity index (χ1n) is 25.1. The lowest BCUT2D eigenvalue weighted by Crippen LogP contribution is -2.60. The number of para-hydroxylation sites is 2. The smallest absolute Gasteiger partial charge is 0.366 e. The van der Waals surface area contributed by atoms with E-state index in [4.69, 9.17) is 84.0 Å². The number of nitrogens with zero attached hydrogens (tertiary/aromatic N) is 2. The Morgan fingerprint density at radius 1 is 0.465 bits per heavy atom. The number of rotatable bonds is 31. The van der Waals surface area contributed by atoms with Crippen LogP contribution in [0.3, 0.4) is 0 Å². The molecule has 0 aliphatic heterocycles. The molecule has 462 valence electrons. The summed E-state index contributed by atoms with van der Waals surface area (Å²) < 4.78 is 30.6. The minimum atomic E-state index is -2.68. The molecule has 0 aromatic heterocycles. The molecule has 0 amide bonds. The number of esters is 6. The minimum absolute atomic E-state index is 0.0992. The van der Waals surface area contributed by atoms with E-state index >= 15 is 0 Å². The fourth-order valence-electron chi connectivity index (χ4n) is 6.63. The molecule has 18 N–H and O–H groups in total. The van der Waals surface area contributed by atoms with Crippen molar-refractivity contribution in [1.29, 1.82) is 0 Å². The molecule has 4 unspecified atom stereocenters. The number of ketones is 2. The van der Waals surface area contributed by atoms with Crippen LogP contribution in [0.25, 0.3) is 0 Å². The number of nitro benzene ring substituents is 2. The molecule has 0 heterocycles. The summed E-state index contributed by atoms with van der Waals surface area (Å²) in [4.78, 5) is 160. The van der Waals surface area contributed by atoms with Crippen LogP contribution >= 0.6 is 0 Å². The maximum Gasteiger partial charge on any atom is 0.366 e. The van der Waals surface area contributed by atoms with Gasteiger partial charge in [0.15, 0.2) is 22.6 Å². The first-order valence-corrected chi connectivity index (χ1v) is 25.1. The number of anilines is 2. The lowest BCUT2D eigenvalue weighted by molar-refractivity contribution is -0.385. The van der Waals surface area contributed by atoms with E-state index in [1.165, 1.54) is 84.9 Å². The van der Waals surface area contributed by atoms with Gasteiger partial charge in [0.05, 0.1) is 21.2 Å². The van der Waals surface area contributed by atoms with Crippen molar-refractivity contribution in [3.63, 3.8) is 0 Å². The number of hydrogen-bond acceptors (Lipinski definition) is 32. The Hall–Kier alpha value is -9.94. The zero-order valence-electron chi connectivity index (χ0n) is 46.3. The highest BCUT2D eigenvalue weighted by molar-refractivity contribution is 6.12. The van der Waals surface area contributed by atoms with Gasteiger partial charge >= 0.3 is 47.8 Å². The van der Waals surface area contributed by atoms with Gasteiger partial charge in [-0.25, -0.2) is 49.3 Å². The van der Waals surface area contributed by atoms with E-state index in [1.54, 1.807) is 12.1 Å². The van der Waals surface area contributed by atoms with Gasteiger partial charge in [-0.3, -0.25) is 41.3 Å². The van der Waals surface area contributed by atoms with E-state index in [-0.39, 0.29) is 58.2 Å². The average Bonchev–Trinajstić information content (AvgIpc) is 2.82. The molecule has 86 heavy (non-hydrogen) atoms. The fourth-order valence-corrected chi connectivity index (χ4v) is 6.63. The molecule has 0 bridgehead atoms. The Labute approximate surface area is 486 Å². The molecule has 8 atom stereocenters. The summed E-state index contributed by atoms with van der Waals surface area (Å²) in [6.07, 6.45) is -2.22. The van der Waals surface area contributed by atoms with Crippen molar-refractivity contribution in [3.8, 4) is 11.5 Å². The highest BCUT2D eigenvalue weighted by Crippen LogP contribution is 2.24. The van der Waals surface area contributed by atoms with Crippen LogP contribution in [0.15, 0.2) is 97.1 Å². The third kappa shape index (κ3) is 19.3. The number of carbonyl (C=O) groups is 10. The molecular formula is C52H62N12O22. The first kappa shape index (κ1) is 68.6. The summed E-state index contributed by atoms with van der Waals surface area (Å²) in [5, 5.41) is 21.7. The van der Waals surface area contributed by atoms with E-state index in [1.807, 2.05) is 0 Å². The average molecular weight is 1210 g/mol. The van der Waals surface area contributed by atoms with E-state index in [9.17, 15) is 68.2 Å². The number of nitrogens with two attached hydrogens (primary N) is 8. The van der Waals surface area contributed by atoms with Crippen molar-refractivity contribution < 1.29 is 95.9 Å². The van der Waals surface area contributed by atoms with Gasteiger partial charge in [0.2, 0.25) is 0 Å². The Balaban J connectivity index is 1.21. The maximum atomic E-state index is 13.2. The number of Topliss-reactive ketones (excluding diaryl/α,β-unsaturated/α-hetero) is 2. The Bertz CT molecular complexity index is 3000. The monoisotopic (exact) mass is 1210 g/mol. The van der Waals surface area contributed by atoms with Crippen LogP contribution < -0.4 is 66.3 Å². The van der Waals surface area contributed by atoms with E-state index in [2.05, 4.69) is 11.0 Å². The van der Waals surface area contributed by atoms with Crippen LogP contribution in [0.1, 0.15) is 51.7 Å². The number of carbonyl (C=O) groups excluding carboxylic acids is 10. The van der Waals surface area contributed by atoms with Gasteiger partial charge < -0.3 is 72.5 Å². The van der Waals surface area contributed by atoms with Crippen molar-refractivity contribution in [2.75, 3.05) is 24.2 Å². The molecule has 4 rings (SSSR count). The predicted octanol–water partition coefficient (Wildman–Crippen LogP) is -1.58. The zero-order chi connectivity index (χ0) is 64.5. The summed E-state index contributed by atoms with van der Waals surface area (Å²) in [5.41, 5.74) is 41.9. The van der Waals surface area contributed by atoms with Crippen molar-refractivity contribution >= 4 is 82.1 Å². The molecule has 4 aromatic rings. The van der Waals surface area contributed by atoms with Crippen molar-refractivity contribution in [2.45, 2.75) is 100 Å². The lowest BCUT2D eigenvalue weighted by Gasteiger charge is -2.29. The number of nitro groups is 2. The molecule has 34 nitrogen and oxygen atoms in total. The first-order chi connectivity index (χ1) is 40.1. The quantitative estimate of drug-likeness (QED) is 0.00517. The topological polar surface area (TPSA) is 563 Å². The Morgan fingerprint density at radius 2 is 0.779 bits per heavy atom. The van der Waals surface area contributed by atoms with Crippen LogP contribution in [0.4, 0.5) is 22.7 Å². The number of non-ortho nitro benzene ring substituents is 2. The highest BCUT2D eigenvalue weighted by atomic mass is 16.7. The van der Waals surface area contributed by atoms with Gasteiger partial charge in [0.1, 0.15) is 48.9 Å². The molecule has 0 saturated heterocycles. The van der Waals surface area contributed by atoms with Gasteiger partial charge in [-0.05, 0) is 61.4 Å². The zero-order valence-corrected chi connectivity index (χ0v) is 46.3.